The van der Waals surface area contributed by atoms with Crippen LogP contribution in [-0.4, -0.2) is 53.2 Å². The number of aliphatic hydroxyl groups is 1. The molecule has 1 aliphatic heterocycles. The highest BCUT2D eigenvalue weighted by Crippen LogP contribution is 2.31. The molecule has 2 aromatic heterocycles. The summed E-state index contributed by atoms with van der Waals surface area (Å²) in [4.78, 5) is 6.68. The number of aromatic nitrogens is 3. The van der Waals surface area contributed by atoms with Crippen LogP contribution in [0.1, 0.15) is 23.0 Å². The number of morpholine rings is 1. The number of ether oxygens (including phenoxy) is 1. The van der Waals surface area contributed by atoms with E-state index in [1.54, 1.807) is 12.3 Å². The van der Waals surface area contributed by atoms with E-state index in [1.807, 2.05) is 13.0 Å². The molecule has 1 saturated heterocycles. The molecule has 3 heterocycles. The molecule has 4 rings (SSSR count). The predicted octanol–water partition coefficient (Wildman–Crippen LogP) is 2.32. The van der Waals surface area contributed by atoms with Crippen LogP contribution in [0.4, 0.5) is 20.4 Å². The number of aliphatic hydroxyl groups excluding tert-OH is 1. The Kier molecular flexibility index (Phi) is 5.94. The quantitative estimate of drug-likeness (QED) is 0.511. The van der Waals surface area contributed by atoms with Crippen LogP contribution in [0.3, 0.4) is 0 Å². The van der Waals surface area contributed by atoms with Gasteiger partial charge in [0, 0.05) is 35.6 Å². The molecule has 10 heteroatoms. The number of hydrogen-bond donors (Lipinski definition) is 3. The van der Waals surface area contributed by atoms with Gasteiger partial charge in [0.15, 0.2) is 5.82 Å². The summed E-state index contributed by atoms with van der Waals surface area (Å²) >= 11 is 0. The molecule has 0 bridgehead atoms. The maximum atomic E-state index is 13.9. The Labute approximate surface area is 178 Å². The standard InChI is InChI=1S/C21H24F2N6O2/c1-13-17-11-25-18(29-5-7-31-8-6-29)10-16(17)20(28-27-13)26-19(24)14-3-2-4-15(9-14)21(22,23)12-30/h2-4,9-11,19,30H,5-8,12,24H2,1H3,(H,26,28)/t19-/m0/s1. The molecule has 0 saturated carbocycles. The van der Waals surface area contributed by atoms with Crippen molar-refractivity contribution in [3.05, 3.63) is 53.3 Å². The second-order valence-electron chi connectivity index (χ2n) is 7.43. The van der Waals surface area contributed by atoms with E-state index >= 15 is 0 Å². The highest BCUT2D eigenvalue weighted by atomic mass is 19.3. The van der Waals surface area contributed by atoms with Crippen LogP contribution in [0.2, 0.25) is 0 Å². The number of fused-ring (bicyclic) bond motifs is 1. The summed E-state index contributed by atoms with van der Waals surface area (Å²) in [7, 11) is 0. The Hall–Kier alpha value is -2.95. The second kappa shape index (κ2) is 8.66. The first-order valence-electron chi connectivity index (χ1n) is 9.96. The fourth-order valence-corrected chi connectivity index (χ4v) is 3.51. The zero-order valence-corrected chi connectivity index (χ0v) is 17.1. The fourth-order valence-electron chi connectivity index (χ4n) is 3.51. The molecule has 164 valence electrons. The van der Waals surface area contributed by atoms with Crippen molar-refractivity contribution in [1.82, 2.24) is 15.2 Å². The van der Waals surface area contributed by atoms with Gasteiger partial charge in [-0.25, -0.2) is 4.98 Å². The van der Waals surface area contributed by atoms with Crippen molar-refractivity contribution in [2.75, 3.05) is 43.1 Å². The maximum absolute atomic E-state index is 13.9. The molecule has 4 N–H and O–H groups in total. The summed E-state index contributed by atoms with van der Waals surface area (Å²) in [5, 5.41) is 22.1. The van der Waals surface area contributed by atoms with Crippen LogP contribution >= 0.6 is 0 Å². The van der Waals surface area contributed by atoms with Crippen LogP contribution in [0, 0.1) is 6.92 Å². The lowest BCUT2D eigenvalue weighted by atomic mass is 10.0. The Morgan fingerprint density at radius 1 is 1.23 bits per heavy atom. The first kappa shape index (κ1) is 21.3. The van der Waals surface area contributed by atoms with E-state index in [1.165, 1.54) is 18.2 Å². The predicted molar refractivity (Wildman–Crippen MR) is 113 cm³/mol. The van der Waals surface area contributed by atoms with Crippen molar-refractivity contribution in [3.8, 4) is 0 Å². The van der Waals surface area contributed by atoms with E-state index in [4.69, 9.17) is 15.6 Å². The molecule has 0 unspecified atom stereocenters. The number of benzene rings is 1. The molecule has 0 amide bonds. The molecule has 1 fully saturated rings. The van der Waals surface area contributed by atoms with Crippen LogP contribution in [0.25, 0.3) is 10.8 Å². The lowest BCUT2D eigenvalue weighted by molar-refractivity contribution is -0.0556. The van der Waals surface area contributed by atoms with E-state index < -0.39 is 18.7 Å². The molecule has 0 aliphatic carbocycles. The molecule has 1 aliphatic rings. The molecule has 1 atom stereocenters. The largest absolute Gasteiger partial charge is 0.390 e. The molecule has 0 radical (unpaired) electrons. The van der Waals surface area contributed by atoms with Gasteiger partial charge in [-0.05, 0) is 24.6 Å². The minimum atomic E-state index is -3.34. The number of hydrogen-bond acceptors (Lipinski definition) is 8. The van der Waals surface area contributed by atoms with Crippen molar-refractivity contribution in [2.45, 2.75) is 19.0 Å². The maximum Gasteiger partial charge on any atom is 0.295 e. The third kappa shape index (κ3) is 4.41. The monoisotopic (exact) mass is 430 g/mol. The summed E-state index contributed by atoms with van der Waals surface area (Å²) in [6, 6.07) is 7.58. The van der Waals surface area contributed by atoms with Gasteiger partial charge in [0.05, 0.1) is 18.9 Å². The van der Waals surface area contributed by atoms with Crippen LogP contribution in [0.15, 0.2) is 36.5 Å². The zero-order chi connectivity index (χ0) is 22.0. The van der Waals surface area contributed by atoms with Crippen LogP contribution < -0.4 is 16.0 Å². The Morgan fingerprint density at radius 2 is 2.00 bits per heavy atom. The van der Waals surface area contributed by atoms with Gasteiger partial charge in [-0.2, -0.15) is 13.9 Å². The van der Waals surface area contributed by atoms with Gasteiger partial charge in [-0.15, -0.1) is 5.10 Å². The fraction of sp³-hybridized carbons (Fsp3) is 0.381. The van der Waals surface area contributed by atoms with Crippen molar-refractivity contribution >= 4 is 22.4 Å². The molecule has 8 nitrogen and oxygen atoms in total. The van der Waals surface area contributed by atoms with Gasteiger partial charge >= 0.3 is 0 Å². The molecule has 0 spiro atoms. The van der Waals surface area contributed by atoms with Crippen molar-refractivity contribution < 1.29 is 18.6 Å². The third-order valence-electron chi connectivity index (χ3n) is 5.33. The lowest BCUT2D eigenvalue weighted by Gasteiger charge is -2.28. The van der Waals surface area contributed by atoms with Gasteiger partial charge in [-0.1, -0.05) is 18.2 Å². The number of alkyl halides is 2. The van der Waals surface area contributed by atoms with E-state index in [2.05, 4.69) is 25.4 Å². The SMILES string of the molecule is Cc1nnc(N[C@H](N)c2cccc(C(F)(F)CO)c2)c2cc(N3CCOCC3)ncc12. The summed E-state index contributed by atoms with van der Waals surface area (Å²) in [6.07, 6.45) is 0.943. The normalized spacial score (nSPS) is 15.8. The van der Waals surface area contributed by atoms with Crippen molar-refractivity contribution in [2.24, 2.45) is 5.73 Å². The second-order valence-corrected chi connectivity index (χ2v) is 7.43. The summed E-state index contributed by atoms with van der Waals surface area (Å²) in [5.41, 5.74) is 7.12. The smallest absolute Gasteiger partial charge is 0.295 e. The highest BCUT2D eigenvalue weighted by Gasteiger charge is 2.31. The minimum absolute atomic E-state index is 0.302. The zero-order valence-electron chi connectivity index (χ0n) is 17.1. The number of anilines is 2. The van der Waals surface area contributed by atoms with Gasteiger partial charge in [0.1, 0.15) is 18.6 Å². The van der Waals surface area contributed by atoms with Crippen LogP contribution in [0.5, 0.6) is 0 Å². The van der Waals surface area contributed by atoms with Crippen molar-refractivity contribution in [3.63, 3.8) is 0 Å². The first-order chi connectivity index (χ1) is 14.9. The van der Waals surface area contributed by atoms with E-state index in [0.717, 1.165) is 35.4 Å². The average molecular weight is 430 g/mol. The number of aryl methyl sites for hydroxylation is 1. The Balaban J connectivity index is 1.66. The molecular weight excluding hydrogens is 406 g/mol. The van der Waals surface area contributed by atoms with Gasteiger partial charge < -0.3 is 25.8 Å². The molecule has 1 aromatic carbocycles. The Bertz CT molecular complexity index is 1070. The number of nitrogens with zero attached hydrogens (tertiary/aromatic N) is 4. The van der Waals surface area contributed by atoms with E-state index in [0.29, 0.717) is 24.6 Å². The topological polar surface area (TPSA) is 109 Å². The van der Waals surface area contributed by atoms with E-state index in [9.17, 15) is 8.78 Å². The number of nitrogens with one attached hydrogen (secondary N) is 1. The number of rotatable bonds is 6. The third-order valence-corrected chi connectivity index (χ3v) is 5.33. The van der Waals surface area contributed by atoms with Gasteiger partial charge in [0.25, 0.3) is 5.92 Å². The lowest BCUT2D eigenvalue weighted by Crippen LogP contribution is -2.36. The molecule has 31 heavy (non-hydrogen) atoms. The summed E-state index contributed by atoms with van der Waals surface area (Å²) < 4.78 is 33.2. The highest BCUT2D eigenvalue weighted by molar-refractivity contribution is 5.94. The van der Waals surface area contributed by atoms with Crippen LogP contribution in [-0.2, 0) is 10.7 Å². The van der Waals surface area contributed by atoms with Gasteiger partial charge in [-0.3, -0.25) is 0 Å². The summed E-state index contributed by atoms with van der Waals surface area (Å²) in [6.45, 7) is 3.32. The number of nitrogens with two attached hydrogens (primary N) is 1. The molecule has 3 aromatic rings. The Morgan fingerprint density at radius 3 is 2.74 bits per heavy atom. The van der Waals surface area contributed by atoms with Crippen molar-refractivity contribution in [1.29, 1.82) is 0 Å². The number of halogens is 2. The summed E-state index contributed by atoms with van der Waals surface area (Å²) in [5.74, 6) is -2.11. The van der Waals surface area contributed by atoms with E-state index in [-0.39, 0.29) is 5.56 Å². The average Bonchev–Trinajstić information content (AvgIpc) is 2.81. The molecular formula is C21H24F2N6O2. The minimum Gasteiger partial charge on any atom is -0.390 e. The van der Waals surface area contributed by atoms with Gasteiger partial charge in [0.2, 0.25) is 0 Å². The number of pyridine rings is 1. The first-order valence-corrected chi connectivity index (χ1v) is 9.96.